The number of nitrogens with one attached hydrogen (secondary N) is 1. The Morgan fingerprint density at radius 3 is 2.46 bits per heavy atom. The zero-order chi connectivity index (χ0) is 25.6. The molecule has 1 saturated carbocycles. The van der Waals surface area contributed by atoms with Gasteiger partial charge in [0.1, 0.15) is 19.0 Å². The summed E-state index contributed by atoms with van der Waals surface area (Å²) in [6.45, 7) is 2.82. The predicted molar refractivity (Wildman–Crippen MR) is 137 cm³/mol. The highest BCUT2D eigenvalue weighted by atomic mass is 32.2. The second kappa shape index (κ2) is 9.66. The maximum atomic E-state index is 13.6. The second-order valence-corrected chi connectivity index (χ2v) is 11.9. The Labute approximate surface area is 217 Å². The molecule has 0 saturated heterocycles. The van der Waals surface area contributed by atoms with E-state index in [2.05, 4.69) is 5.32 Å². The minimum absolute atomic E-state index is 0.0357. The number of benzene rings is 2. The van der Waals surface area contributed by atoms with E-state index in [1.807, 2.05) is 36.2 Å². The number of ether oxygens (including phenoxy) is 3. The van der Waals surface area contributed by atoms with Crippen molar-refractivity contribution in [2.75, 3.05) is 53.0 Å². The molecule has 196 valence electrons. The molecule has 9 nitrogen and oxygen atoms in total. The second-order valence-electron chi connectivity index (χ2n) is 9.98. The van der Waals surface area contributed by atoms with Crippen LogP contribution in [0.25, 0.3) is 0 Å². The van der Waals surface area contributed by atoms with E-state index in [0.29, 0.717) is 50.5 Å². The normalized spacial score (nSPS) is 20.2. The van der Waals surface area contributed by atoms with Gasteiger partial charge in [0.25, 0.3) is 0 Å². The quantitative estimate of drug-likeness (QED) is 0.528. The van der Waals surface area contributed by atoms with Crippen molar-refractivity contribution in [3.05, 3.63) is 59.2 Å². The number of nitrogens with zero attached hydrogens (tertiary/aromatic N) is 2. The van der Waals surface area contributed by atoms with E-state index in [1.165, 1.54) is 10.4 Å². The molecule has 0 spiro atoms. The first kappa shape index (κ1) is 24.3. The Morgan fingerprint density at radius 1 is 1.03 bits per heavy atom. The molecular weight excluding hydrogens is 494 g/mol. The summed E-state index contributed by atoms with van der Waals surface area (Å²) in [7, 11) is -1.86. The Bertz CT molecular complexity index is 1340. The molecular formula is C27H31N3O6S. The van der Waals surface area contributed by atoms with E-state index in [-0.39, 0.29) is 29.8 Å². The highest BCUT2D eigenvalue weighted by molar-refractivity contribution is 7.89. The minimum atomic E-state index is -3.70. The summed E-state index contributed by atoms with van der Waals surface area (Å²) < 4.78 is 45.2. The average molecular weight is 526 g/mol. The summed E-state index contributed by atoms with van der Waals surface area (Å²) in [6.07, 6.45) is 2.45. The van der Waals surface area contributed by atoms with Gasteiger partial charge in [-0.05, 0) is 60.9 Å². The van der Waals surface area contributed by atoms with Gasteiger partial charge in [0.15, 0.2) is 11.5 Å². The highest BCUT2D eigenvalue weighted by Crippen LogP contribution is 2.36. The van der Waals surface area contributed by atoms with Crippen LogP contribution >= 0.6 is 0 Å². The number of likely N-dealkylation sites (N-methyl/N-ethyl adjacent to an activating group) is 1. The Kier molecular flexibility index (Phi) is 6.34. The molecule has 1 aliphatic carbocycles. The van der Waals surface area contributed by atoms with E-state index >= 15 is 0 Å². The Balaban J connectivity index is 1.13. The van der Waals surface area contributed by atoms with Crippen LogP contribution in [0.5, 0.6) is 17.2 Å². The molecule has 0 bridgehead atoms. The van der Waals surface area contributed by atoms with Crippen molar-refractivity contribution in [2.24, 2.45) is 0 Å². The van der Waals surface area contributed by atoms with Crippen LogP contribution in [0.15, 0.2) is 58.5 Å². The summed E-state index contributed by atoms with van der Waals surface area (Å²) in [4.78, 5) is 15.6. The fourth-order valence-corrected chi connectivity index (χ4v) is 6.61. The van der Waals surface area contributed by atoms with Gasteiger partial charge in [-0.2, -0.15) is 4.31 Å². The smallest absolute Gasteiger partial charge is 0.243 e. The topological polar surface area (TPSA) is 97.4 Å². The first-order chi connectivity index (χ1) is 17.9. The number of amides is 1. The van der Waals surface area contributed by atoms with Gasteiger partial charge in [-0.15, -0.1) is 0 Å². The first-order valence-corrected chi connectivity index (χ1v) is 14.2. The molecule has 0 aromatic heterocycles. The van der Waals surface area contributed by atoms with Gasteiger partial charge in [-0.25, -0.2) is 8.42 Å². The fourth-order valence-electron chi connectivity index (χ4n) is 5.16. The van der Waals surface area contributed by atoms with Crippen LogP contribution in [-0.2, 0) is 14.8 Å². The molecule has 1 N–H and O–H groups in total. The van der Waals surface area contributed by atoms with Crippen molar-refractivity contribution in [1.82, 2.24) is 14.5 Å². The predicted octanol–water partition coefficient (Wildman–Crippen LogP) is 2.15. The number of hydrogen-bond acceptors (Lipinski definition) is 7. The van der Waals surface area contributed by atoms with Crippen molar-refractivity contribution < 1.29 is 27.4 Å². The summed E-state index contributed by atoms with van der Waals surface area (Å²) in [5, 5.41) is 3.15. The van der Waals surface area contributed by atoms with Gasteiger partial charge in [-0.3, -0.25) is 4.79 Å². The van der Waals surface area contributed by atoms with Gasteiger partial charge in [0.05, 0.1) is 16.9 Å². The number of rotatable bonds is 8. The molecule has 2 aromatic rings. The molecule has 1 atom stereocenters. The third-order valence-electron chi connectivity index (χ3n) is 7.25. The highest BCUT2D eigenvalue weighted by Gasteiger charge is 2.39. The number of sulfonamides is 1. The maximum Gasteiger partial charge on any atom is 0.243 e. The van der Waals surface area contributed by atoms with Crippen molar-refractivity contribution in [3.8, 4) is 17.2 Å². The van der Waals surface area contributed by atoms with Crippen LogP contribution in [0, 0.1) is 0 Å². The van der Waals surface area contributed by atoms with E-state index in [0.717, 1.165) is 35.3 Å². The van der Waals surface area contributed by atoms with Crippen LogP contribution in [0.3, 0.4) is 0 Å². The van der Waals surface area contributed by atoms with Gasteiger partial charge in [-0.1, -0.05) is 12.1 Å². The number of carbonyl (C=O) groups is 1. The lowest BCUT2D eigenvalue weighted by atomic mass is 9.97. The lowest BCUT2D eigenvalue weighted by Crippen LogP contribution is -2.40. The van der Waals surface area contributed by atoms with E-state index < -0.39 is 10.0 Å². The standard InChI is InChI=1S/C27H31N3O6S/c1-28-13-24(18-3-2-4-22(11-18)36-21-5-6-21)27(31)29-14-19-16-30(17-20(19)15-29)37(32,33)23-7-8-25-26(12-23)35-10-9-34-25/h2-4,7-8,11-12,21,24,28H,5-6,9-10,13-17H2,1H3/t24-/m1/s1. The van der Waals surface area contributed by atoms with Crippen molar-refractivity contribution in [1.29, 1.82) is 0 Å². The van der Waals surface area contributed by atoms with Gasteiger partial charge >= 0.3 is 0 Å². The Morgan fingerprint density at radius 2 is 1.76 bits per heavy atom. The van der Waals surface area contributed by atoms with Gasteiger partial charge in [0.2, 0.25) is 15.9 Å². The van der Waals surface area contributed by atoms with E-state index in [1.54, 1.807) is 12.1 Å². The zero-order valence-corrected chi connectivity index (χ0v) is 21.6. The van der Waals surface area contributed by atoms with Crippen molar-refractivity contribution in [2.45, 2.75) is 29.8 Å². The zero-order valence-electron chi connectivity index (χ0n) is 20.8. The van der Waals surface area contributed by atoms with E-state index in [4.69, 9.17) is 14.2 Å². The fraction of sp³-hybridized carbons (Fsp3) is 0.444. The van der Waals surface area contributed by atoms with E-state index in [9.17, 15) is 13.2 Å². The monoisotopic (exact) mass is 525 g/mol. The summed E-state index contributed by atoms with van der Waals surface area (Å²) in [5.74, 6) is 1.50. The van der Waals surface area contributed by atoms with Gasteiger partial charge in [0, 0.05) is 38.8 Å². The summed E-state index contributed by atoms with van der Waals surface area (Å²) >= 11 is 0. The first-order valence-electron chi connectivity index (χ1n) is 12.7. The largest absolute Gasteiger partial charge is 0.490 e. The van der Waals surface area contributed by atoms with Crippen LogP contribution < -0.4 is 19.5 Å². The average Bonchev–Trinajstić information content (AvgIpc) is 3.48. The van der Waals surface area contributed by atoms with Crippen molar-refractivity contribution in [3.63, 3.8) is 0 Å². The molecule has 10 heteroatoms. The summed E-state index contributed by atoms with van der Waals surface area (Å²) in [5.41, 5.74) is 2.93. The molecule has 3 aliphatic heterocycles. The molecule has 37 heavy (non-hydrogen) atoms. The lowest BCUT2D eigenvalue weighted by Gasteiger charge is -2.27. The third kappa shape index (κ3) is 4.81. The molecule has 0 unspecified atom stereocenters. The number of hydrogen-bond donors (Lipinski definition) is 1. The molecule has 1 fully saturated rings. The molecule has 6 rings (SSSR count). The minimum Gasteiger partial charge on any atom is -0.490 e. The molecule has 2 aromatic carbocycles. The lowest BCUT2D eigenvalue weighted by molar-refractivity contribution is -0.131. The molecule has 4 aliphatic rings. The molecule has 1 amide bonds. The number of carbonyl (C=O) groups excluding carboxylic acids is 1. The van der Waals surface area contributed by atoms with Crippen LogP contribution in [0.1, 0.15) is 24.3 Å². The molecule has 3 heterocycles. The van der Waals surface area contributed by atoms with Crippen LogP contribution in [-0.4, -0.2) is 82.6 Å². The van der Waals surface area contributed by atoms with Crippen LogP contribution in [0.4, 0.5) is 0 Å². The van der Waals surface area contributed by atoms with Crippen LogP contribution in [0.2, 0.25) is 0 Å². The SMILES string of the molecule is CNC[C@@H](C(=O)N1CC2=C(C1)CN(S(=O)(=O)c1ccc3c(c1)OCCO3)C2)c1cccc(OC2CC2)c1. The Hall–Kier alpha value is -3.08. The maximum absolute atomic E-state index is 13.6. The van der Waals surface area contributed by atoms with Gasteiger partial charge < -0.3 is 24.4 Å². The summed E-state index contributed by atoms with van der Waals surface area (Å²) in [6, 6.07) is 12.6. The molecule has 0 radical (unpaired) electrons. The van der Waals surface area contributed by atoms with Crippen molar-refractivity contribution >= 4 is 15.9 Å². The third-order valence-corrected chi connectivity index (χ3v) is 9.04. The number of fused-ring (bicyclic) bond motifs is 1.